The maximum Gasteiger partial charge on any atom is 0.238 e. The molecule has 0 aliphatic rings. The van der Waals surface area contributed by atoms with Crippen LogP contribution in [0.5, 0.6) is 0 Å². The van der Waals surface area contributed by atoms with Crippen molar-refractivity contribution in [3.63, 3.8) is 0 Å². The molecule has 3 nitrogen and oxygen atoms in total. The van der Waals surface area contributed by atoms with Crippen LogP contribution in [0.4, 0.5) is 4.39 Å². The molecule has 0 bridgehead atoms. The third-order valence-corrected chi connectivity index (χ3v) is 3.36. The predicted octanol–water partition coefficient (Wildman–Crippen LogP) is 2.72. The summed E-state index contributed by atoms with van der Waals surface area (Å²) in [7, 11) is 3.44. The van der Waals surface area contributed by atoms with Crippen molar-refractivity contribution in [1.82, 2.24) is 10.2 Å². The summed E-state index contributed by atoms with van der Waals surface area (Å²) in [6.07, 6.45) is 0. The Hall–Kier alpha value is -0.940. The van der Waals surface area contributed by atoms with E-state index in [4.69, 9.17) is 0 Å². The van der Waals surface area contributed by atoms with Crippen LogP contribution in [0.2, 0.25) is 0 Å². The number of hydrogen-bond acceptors (Lipinski definition) is 2. The lowest BCUT2D eigenvalue weighted by Crippen LogP contribution is -2.42. The van der Waals surface area contributed by atoms with Crippen molar-refractivity contribution in [2.24, 2.45) is 0 Å². The quantitative estimate of drug-likeness (QED) is 0.926. The fraction of sp³-hybridized carbons (Fsp3) is 0.462. The molecular formula is C13H18BrFN2O. The molecule has 0 fully saturated rings. The summed E-state index contributed by atoms with van der Waals surface area (Å²) in [5, 5.41) is 3.19. The van der Waals surface area contributed by atoms with Crippen LogP contribution in [0.15, 0.2) is 22.7 Å². The van der Waals surface area contributed by atoms with Gasteiger partial charge in [0.2, 0.25) is 5.91 Å². The number of carbonyl (C=O) groups is 1. The smallest absolute Gasteiger partial charge is 0.238 e. The van der Waals surface area contributed by atoms with Crippen LogP contribution >= 0.6 is 15.9 Å². The maximum atomic E-state index is 13.1. The second-order valence-electron chi connectivity index (χ2n) is 4.52. The summed E-state index contributed by atoms with van der Waals surface area (Å²) in [5.41, 5.74) is 0.932. The monoisotopic (exact) mass is 316 g/mol. The van der Waals surface area contributed by atoms with Gasteiger partial charge in [-0.3, -0.25) is 10.1 Å². The Morgan fingerprint density at radius 1 is 1.39 bits per heavy atom. The lowest BCUT2D eigenvalue weighted by Gasteiger charge is -2.22. The average Bonchev–Trinajstić information content (AvgIpc) is 2.31. The molecule has 1 N–H and O–H groups in total. The fourth-order valence-corrected chi connectivity index (χ4v) is 2.11. The van der Waals surface area contributed by atoms with Crippen LogP contribution in [0.25, 0.3) is 0 Å². The Balaban J connectivity index is 2.73. The molecule has 0 aliphatic heterocycles. The van der Waals surface area contributed by atoms with E-state index in [1.807, 2.05) is 13.8 Å². The van der Waals surface area contributed by atoms with Crippen LogP contribution in [0, 0.1) is 5.82 Å². The normalized spacial score (nSPS) is 14.1. The molecule has 5 heteroatoms. The van der Waals surface area contributed by atoms with Crippen LogP contribution < -0.4 is 5.32 Å². The van der Waals surface area contributed by atoms with E-state index in [1.165, 1.54) is 6.07 Å². The van der Waals surface area contributed by atoms with Crippen molar-refractivity contribution in [3.8, 4) is 0 Å². The molecule has 1 rings (SSSR count). The molecular weight excluding hydrogens is 299 g/mol. The molecule has 100 valence electrons. The number of rotatable bonds is 4. The van der Waals surface area contributed by atoms with Crippen molar-refractivity contribution >= 4 is 21.8 Å². The molecule has 0 heterocycles. The van der Waals surface area contributed by atoms with E-state index in [9.17, 15) is 9.18 Å². The van der Waals surface area contributed by atoms with E-state index in [2.05, 4.69) is 21.2 Å². The Morgan fingerprint density at radius 2 is 2.00 bits per heavy atom. The van der Waals surface area contributed by atoms with Crippen molar-refractivity contribution in [2.45, 2.75) is 25.9 Å². The van der Waals surface area contributed by atoms with Crippen molar-refractivity contribution in [2.75, 3.05) is 14.1 Å². The van der Waals surface area contributed by atoms with Crippen molar-refractivity contribution < 1.29 is 9.18 Å². The van der Waals surface area contributed by atoms with Gasteiger partial charge in [-0.25, -0.2) is 4.39 Å². The Bertz CT molecular complexity index is 437. The number of hydrogen-bond donors (Lipinski definition) is 1. The number of benzene rings is 1. The van der Waals surface area contributed by atoms with E-state index in [-0.39, 0.29) is 23.8 Å². The van der Waals surface area contributed by atoms with Crippen LogP contribution in [0.3, 0.4) is 0 Å². The van der Waals surface area contributed by atoms with Crippen LogP contribution in [-0.2, 0) is 4.79 Å². The lowest BCUT2D eigenvalue weighted by atomic mass is 10.1. The summed E-state index contributed by atoms with van der Waals surface area (Å²) in [5.74, 6) is -0.272. The maximum absolute atomic E-state index is 13.1. The number of likely N-dealkylation sites (N-methyl/N-ethyl adjacent to an activating group) is 1. The summed E-state index contributed by atoms with van der Waals surface area (Å²) < 4.78 is 13.6. The first-order valence-electron chi connectivity index (χ1n) is 5.75. The summed E-state index contributed by atoms with van der Waals surface area (Å²) >= 11 is 3.15. The number of carbonyl (C=O) groups excluding carboxylic acids is 1. The number of nitrogens with zero attached hydrogens (tertiary/aromatic N) is 1. The van der Waals surface area contributed by atoms with E-state index in [0.717, 1.165) is 5.56 Å². The van der Waals surface area contributed by atoms with E-state index < -0.39 is 0 Å². The lowest BCUT2D eigenvalue weighted by molar-refractivity contribution is -0.130. The van der Waals surface area contributed by atoms with Gasteiger partial charge in [0.15, 0.2) is 0 Å². The van der Waals surface area contributed by atoms with Crippen molar-refractivity contribution in [3.05, 3.63) is 34.1 Å². The molecule has 0 spiro atoms. The third kappa shape index (κ3) is 3.78. The molecule has 0 radical (unpaired) electrons. The predicted molar refractivity (Wildman–Crippen MR) is 73.8 cm³/mol. The van der Waals surface area contributed by atoms with Gasteiger partial charge in [0, 0.05) is 20.1 Å². The first-order chi connectivity index (χ1) is 8.32. The zero-order valence-corrected chi connectivity index (χ0v) is 12.6. The van der Waals surface area contributed by atoms with E-state index >= 15 is 0 Å². The highest BCUT2D eigenvalue weighted by Gasteiger charge is 2.18. The largest absolute Gasteiger partial charge is 0.347 e. The average molecular weight is 317 g/mol. The number of nitrogens with one attached hydrogen (secondary N) is 1. The van der Waals surface area contributed by atoms with Crippen molar-refractivity contribution in [1.29, 1.82) is 0 Å². The first-order valence-corrected chi connectivity index (χ1v) is 6.54. The zero-order chi connectivity index (χ0) is 13.9. The van der Waals surface area contributed by atoms with Gasteiger partial charge in [-0.05, 0) is 47.5 Å². The minimum atomic E-state index is -0.289. The standard InChI is InChI=1S/C13H18BrFN2O/c1-8(16-9(2)13(18)17(3)4)10-5-6-12(15)11(14)7-10/h5-9,16H,1-4H3. The van der Waals surface area contributed by atoms with Gasteiger partial charge in [0.25, 0.3) is 0 Å². The molecule has 0 saturated carbocycles. The number of amides is 1. The van der Waals surface area contributed by atoms with Crippen LogP contribution in [0.1, 0.15) is 25.5 Å². The molecule has 2 unspecified atom stereocenters. The Kier molecular flexibility index (Phi) is 5.28. The number of halogens is 2. The van der Waals surface area contributed by atoms with Crippen LogP contribution in [-0.4, -0.2) is 30.9 Å². The highest BCUT2D eigenvalue weighted by Crippen LogP contribution is 2.21. The van der Waals surface area contributed by atoms with Gasteiger partial charge in [-0.1, -0.05) is 6.07 Å². The van der Waals surface area contributed by atoms with Gasteiger partial charge < -0.3 is 4.90 Å². The Morgan fingerprint density at radius 3 is 2.50 bits per heavy atom. The molecule has 0 aromatic heterocycles. The summed E-state index contributed by atoms with van der Waals surface area (Å²) in [4.78, 5) is 13.3. The highest BCUT2D eigenvalue weighted by atomic mass is 79.9. The molecule has 0 saturated heterocycles. The SMILES string of the molecule is CC(NC(C)c1ccc(F)c(Br)c1)C(=O)N(C)C. The van der Waals surface area contributed by atoms with E-state index in [0.29, 0.717) is 4.47 Å². The zero-order valence-electron chi connectivity index (χ0n) is 11.0. The van der Waals surface area contributed by atoms with Gasteiger partial charge in [0.1, 0.15) is 5.82 Å². The summed E-state index contributed by atoms with van der Waals surface area (Å²) in [6.45, 7) is 3.76. The molecule has 18 heavy (non-hydrogen) atoms. The van der Waals surface area contributed by atoms with Gasteiger partial charge in [-0.15, -0.1) is 0 Å². The molecule has 1 aromatic carbocycles. The highest BCUT2D eigenvalue weighted by molar-refractivity contribution is 9.10. The summed E-state index contributed by atoms with van der Waals surface area (Å²) in [6, 6.07) is 4.54. The molecule has 1 aromatic rings. The molecule has 1 amide bonds. The Labute approximate surface area is 115 Å². The molecule has 0 aliphatic carbocycles. The second-order valence-corrected chi connectivity index (χ2v) is 5.37. The minimum Gasteiger partial charge on any atom is -0.347 e. The van der Waals surface area contributed by atoms with Gasteiger partial charge >= 0.3 is 0 Å². The first kappa shape index (κ1) is 15.1. The fourth-order valence-electron chi connectivity index (χ4n) is 1.71. The minimum absolute atomic E-state index is 0.0167. The molecule has 2 atom stereocenters. The topological polar surface area (TPSA) is 32.3 Å². The van der Waals surface area contributed by atoms with Gasteiger partial charge in [0.05, 0.1) is 10.5 Å². The van der Waals surface area contributed by atoms with E-state index in [1.54, 1.807) is 31.1 Å². The second kappa shape index (κ2) is 6.29. The van der Waals surface area contributed by atoms with Gasteiger partial charge in [-0.2, -0.15) is 0 Å². The third-order valence-electron chi connectivity index (χ3n) is 2.75.